The lowest BCUT2D eigenvalue weighted by atomic mass is 10.1. The Bertz CT molecular complexity index is 402. The fourth-order valence-corrected chi connectivity index (χ4v) is 1.22. The summed E-state index contributed by atoms with van der Waals surface area (Å²) in [5.74, 6) is -0.847. The third-order valence-electron chi connectivity index (χ3n) is 1.79. The molecule has 0 saturated heterocycles. The summed E-state index contributed by atoms with van der Waals surface area (Å²) in [5.41, 5.74) is 5.73. The lowest BCUT2D eigenvalue weighted by Crippen LogP contribution is -2.18. The van der Waals surface area contributed by atoms with Gasteiger partial charge in [0.2, 0.25) is 0 Å². The van der Waals surface area contributed by atoms with E-state index in [4.69, 9.17) is 5.73 Å². The van der Waals surface area contributed by atoms with Crippen LogP contribution in [0.1, 0.15) is 15.9 Å². The van der Waals surface area contributed by atoms with Gasteiger partial charge in [0.1, 0.15) is 5.75 Å². The highest BCUT2D eigenvalue weighted by atomic mass is 19.4. The van der Waals surface area contributed by atoms with Crippen molar-refractivity contribution in [1.29, 1.82) is 0 Å². The highest BCUT2D eigenvalue weighted by molar-refractivity contribution is 5.98. The second kappa shape index (κ2) is 4.52. The molecule has 3 nitrogen and oxygen atoms in total. The van der Waals surface area contributed by atoms with E-state index in [1.807, 2.05) is 0 Å². The maximum absolute atomic E-state index is 12.0. The molecule has 1 rings (SSSR count). The fraction of sp³-hybridized carbons (Fsp3) is 0.300. The summed E-state index contributed by atoms with van der Waals surface area (Å²) >= 11 is 0. The molecule has 0 amide bonds. The second-order valence-electron chi connectivity index (χ2n) is 3.21. The Morgan fingerprint density at radius 2 is 2.00 bits per heavy atom. The quantitative estimate of drug-likeness (QED) is 0.813. The number of Topliss-reactive ketones (excluding diaryl/α,β-unsaturated/α-hetero) is 1. The van der Waals surface area contributed by atoms with Gasteiger partial charge < -0.3 is 10.5 Å². The van der Waals surface area contributed by atoms with Crippen molar-refractivity contribution in [2.24, 2.45) is 5.73 Å². The highest BCUT2D eigenvalue weighted by Crippen LogP contribution is 2.24. The van der Waals surface area contributed by atoms with Gasteiger partial charge in [0, 0.05) is 5.56 Å². The van der Waals surface area contributed by atoms with E-state index in [-0.39, 0.29) is 12.1 Å². The molecule has 6 heteroatoms. The third-order valence-corrected chi connectivity index (χ3v) is 1.79. The number of rotatable bonds is 3. The molecule has 0 aliphatic rings. The number of aryl methyl sites for hydroxylation is 1. The van der Waals surface area contributed by atoms with Crippen LogP contribution in [-0.4, -0.2) is 18.7 Å². The molecule has 0 atom stereocenters. The van der Waals surface area contributed by atoms with Crippen LogP contribution in [0.25, 0.3) is 0 Å². The van der Waals surface area contributed by atoms with Crippen LogP contribution in [0, 0.1) is 6.92 Å². The average Bonchev–Trinajstić information content (AvgIpc) is 2.12. The van der Waals surface area contributed by atoms with Crippen molar-refractivity contribution < 1.29 is 22.7 Å². The zero-order valence-electron chi connectivity index (χ0n) is 8.47. The number of carbonyl (C=O) groups is 1. The molecule has 0 aromatic heterocycles. The molecule has 0 heterocycles. The van der Waals surface area contributed by atoms with Crippen molar-refractivity contribution in [3.05, 3.63) is 29.3 Å². The molecule has 0 aliphatic heterocycles. The second-order valence-corrected chi connectivity index (χ2v) is 3.21. The molecule has 2 N–H and O–H groups in total. The first-order valence-corrected chi connectivity index (χ1v) is 4.42. The van der Waals surface area contributed by atoms with Crippen LogP contribution in [0.4, 0.5) is 13.2 Å². The van der Waals surface area contributed by atoms with Crippen molar-refractivity contribution in [3.8, 4) is 5.75 Å². The molecule has 0 aliphatic carbocycles. The number of ketones is 1. The number of alkyl halides is 3. The summed E-state index contributed by atoms with van der Waals surface area (Å²) in [4.78, 5) is 11.2. The summed E-state index contributed by atoms with van der Waals surface area (Å²) < 4.78 is 39.6. The van der Waals surface area contributed by atoms with Crippen molar-refractivity contribution in [2.45, 2.75) is 13.3 Å². The molecular weight excluding hydrogens is 223 g/mol. The lowest BCUT2D eigenvalue weighted by Gasteiger charge is -2.10. The molecule has 0 radical (unpaired) electrons. The van der Waals surface area contributed by atoms with Crippen LogP contribution >= 0.6 is 0 Å². The van der Waals surface area contributed by atoms with Crippen molar-refractivity contribution >= 4 is 5.78 Å². The molecular formula is C10H10F3NO2. The third kappa shape index (κ3) is 3.54. The molecule has 16 heavy (non-hydrogen) atoms. The molecule has 1 aromatic rings. The normalized spacial score (nSPS) is 11.3. The van der Waals surface area contributed by atoms with Gasteiger partial charge in [0.15, 0.2) is 5.78 Å². The van der Waals surface area contributed by atoms with Gasteiger partial charge in [-0.25, -0.2) is 0 Å². The Morgan fingerprint density at radius 1 is 1.38 bits per heavy atom. The van der Waals surface area contributed by atoms with Gasteiger partial charge >= 0.3 is 6.36 Å². The number of hydrogen-bond acceptors (Lipinski definition) is 3. The molecule has 0 fully saturated rings. The number of halogens is 3. The summed E-state index contributed by atoms with van der Waals surface area (Å²) in [7, 11) is 0. The van der Waals surface area contributed by atoms with Crippen LogP contribution < -0.4 is 10.5 Å². The number of carbonyl (C=O) groups excluding carboxylic acids is 1. The highest BCUT2D eigenvalue weighted by Gasteiger charge is 2.31. The van der Waals surface area contributed by atoms with Crippen molar-refractivity contribution in [3.63, 3.8) is 0 Å². The first kappa shape index (κ1) is 12.5. The number of ether oxygens (including phenoxy) is 1. The number of nitrogens with two attached hydrogens (primary N) is 1. The first-order chi connectivity index (χ1) is 7.31. The smallest absolute Gasteiger partial charge is 0.406 e. The molecule has 88 valence electrons. The van der Waals surface area contributed by atoms with E-state index in [0.29, 0.717) is 5.56 Å². The summed E-state index contributed by atoms with van der Waals surface area (Å²) in [5, 5.41) is 0. The Hall–Kier alpha value is -1.56. The van der Waals surface area contributed by atoms with E-state index in [1.54, 1.807) is 6.92 Å². The number of hydrogen-bond donors (Lipinski definition) is 1. The Balaban J connectivity index is 3.03. The molecule has 0 unspecified atom stereocenters. The van der Waals surface area contributed by atoms with E-state index in [9.17, 15) is 18.0 Å². The largest absolute Gasteiger partial charge is 0.573 e. The standard InChI is InChI=1S/C10H10F3NO2/c1-6-2-7(9(15)5-14)4-8(3-6)16-10(11,12)13/h2-4H,5,14H2,1H3. The van der Waals surface area contributed by atoms with Gasteiger partial charge in [-0.1, -0.05) is 0 Å². The molecule has 0 saturated carbocycles. The monoisotopic (exact) mass is 233 g/mol. The Labute approximate surface area is 90.0 Å². The minimum atomic E-state index is -4.77. The zero-order chi connectivity index (χ0) is 12.3. The van der Waals surface area contributed by atoms with Crippen LogP contribution in [-0.2, 0) is 0 Å². The van der Waals surface area contributed by atoms with Crippen LogP contribution in [0.5, 0.6) is 5.75 Å². The van der Waals surface area contributed by atoms with E-state index in [2.05, 4.69) is 4.74 Å². The molecule has 0 bridgehead atoms. The van der Waals surface area contributed by atoms with Crippen LogP contribution in [0.3, 0.4) is 0 Å². The maximum atomic E-state index is 12.0. The minimum Gasteiger partial charge on any atom is -0.406 e. The zero-order valence-corrected chi connectivity index (χ0v) is 8.47. The van der Waals surface area contributed by atoms with E-state index >= 15 is 0 Å². The lowest BCUT2D eigenvalue weighted by molar-refractivity contribution is -0.274. The maximum Gasteiger partial charge on any atom is 0.573 e. The van der Waals surface area contributed by atoms with E-state index in [1.165, 1.54) is 12.1 Å². The van der Waals surface area contributed by atoms with Gasteiger partial charge in [0.05, 0.1) is 6.54 Å². The Kier molecular flexibility index (Phi) is 3.54. The molecule has 0 spiro atoms. The van der Waals surface area contributed by atoms with E-state index in [0.717, 1.165) is 6.07 Å². The van der Waals surface area contributed by atoms with E-state index < -0.39 is 17.9 Å². The first-order valence-electron chi connectivity index (χ1n) is 4.42. The Morgan fingerprint density at radius 3 is 2.50 bits per heavy atom. The topological polar surface area (TPSA) is 52.3 Å². The predicted octanol–water partition coefficient (Wildman–Crippen LogP) is 2.04. The van der Waals surface area contributed by atoms with Crippen LogP contribution in [0.15, 0.2) is 18.2 Å². The summed E-state index contributed by atoms with van der Waals surface area (Å²) in [6.45, 7) is 1.31. The predicted molar refractivity (Wildman–Crippen MR) is 51.2 cm³/mol. The van der Waals surface area contributed by atoms with Gasteiger partial charge in [0.25, 0.3) is 0 Å². The van der Waals surface area contributed by atoms with Gasteiger partial charge in [-0.2, -0.15) is 0 Å². The van der Waals surface area contributed by atoms with Crippen molar-refractivity contribution in [1.82, 2.24) is 0 Å². The van der Waals surface area contributed by atoms with Crippen molar-refractivity contribution in [2.75, 3.05) is 6.54 Å². The van der Waals surface area contributed by atoms with Gasteiger partial charge in [-0.3, -0.25) is 4.79 Å². The summed E-state index contributed by atoms with van der Waals surface area (Å²) in [6, 6.07) is 3.68. The van der Waals surface area contributed by atoms with Crippen LogP contribution in [0.2, 0.25) is 0 Å². The summed E-state index contributed by atoms with van der Waals surface area (Å²) in [6.07, 6.45) is -4.77. The fourth-order valence-electron chi connectivity index (χ4n) is 1.22. The number of benzene rings is 1. The SMILES string of the molecule is Cc1cc(OC(F)(F)F)cc(C(=O)CN)c1. The molecule has 1 aromatic carbocycles. The van der Waals surface area contributed by atoms with Gasteiger partial charge in [-0.05, 0) is 30.7 Å². The average molecular weight is 233 g/mol. The van der Waals surface area contributed by atoms with Gasteiger partial charge in [-0.15, -0.1) is 13.2 Å². The minimum absolute atomic E-state index is 0.113.